The molecule has 2 aliphatic rings. The standard InChI is InChI=1S/C20H33N5O2.C2H6/c1-17(22-8-6-7-21)24-13-11-23(12-14-24)9-4-5-10-25-18(26)15-20(2,3)16-19(25)27;1-2/h6-8H,1,4-5,9-16,21H2,2-3H3;1-2H3/b7-6-,22-8-;. The molecule has 0 bridgehead atoms. The van der Waals surface area contributed by atoms with E-state index in [9.17, 15) is 9.59 Å². The molecule has 164 valence electrons. The summed E-state index contributed by atoms with van der Waals surface area (Å²) in [6.45, 7) is 17.2. The number of rotatable bonds is 8. The van der Waals surface area contributed by atoms with E-state index in [1.165, 1.54) is 11.1 Å². The average molecular weight is 406 g/mol. The van der Waals surface area contributed by atoms with Gasteiger partial charge in [-0.2, -0.15) is 0 Å². The zero-order chi connectivity index (χ0) is 21.9. The number of likely N-dealkylation sites (tertiary alicyclic amines) is 1. The van der Waals surface area contributed by atoms with Gasteiger partial charge in [0.05, 0.1) is 0 Å². The first-order valence-electron chi connectivity index (χ1n) is 10.7. The molecular weight excluding hydrogens is 366 g/mol. The van der Waals surface area contributed by atoms with Gasteiger partial charge in [0.2, 0.25) is 11.8 Å². The number of amides is 2. The van der Waals surface area contributed by atoms with Crippen LogP contribution in [-0.4, -0.2) is 72.0 Å². The van der Waals surface area contributed by atoms with Crippen LogP contribution < -0.4 is 5.73 Å². The van der Waals surface area contributed by atoms with Gasteiger partial charge in [0.25, 0.3) is 0 Å². The molecule has 2 fully saturated rings. The molecule has 0 radical (unpaired) electrons. The molecule has 7 nitrogen and oxygen atoms in total. The Morgan fingerprint density at radius 3 is 2.17 bits per heavy atom. The van der Waals surface area contributed by atoms with Crippen molar-refractivity contribution >= 4 is 18.0 Å². The number of piperazine rings is 1. The van der Waals surface area contributed by atoms with E-state index < -0.39 is 0 Å². The van der Waals surface area contributed by atoms with Crippen LogP contribution in [0.2, 0.25) is 0 Å². The number of piperidine rings is 1. The number of nitrogens with zero attached hydrogens (tertiary/aromatic N) is 4. The van der Waals surface area contributed by atoms with Gasteiger partial charge in [0.1, 0.15) is 5.82 Å². The highest BCUT2D eigenvalue weighted by molar-refractivity contribution is 5.98. The minimum atomic E-state index is -0.195. The average Bonchev–Trinajstić information content (AvgIpc) is 2.68. The summed E-state index contributed by atoms with van der Waals surface area (Å²) in [5, 5.41) is 0. The molecule has 2 N–H and O–H groups in total. The van der Waals surface area contributed by atoms with E-state index in [4.69, 9.17) is 5.73 Å². The SMILES string of the molecule is C=C(/N=C\C=C/N)N1CCN(CCCCN2C(=O)CC(C)(C)CC2=O)CC1.CC. The first-order valence-corrected chi connectivity index (χ1v) is 10.7. The third-order valence-corrected chi connectivity index (χ3v) is 5.13. The third-order valence-electron chi connectivity index (χ3n) is 5.13. The molecule has 0 unspecified atom stereocenters. The van der Waals surface area contributed by atoms with Crippen LogP contribution in [0.3, 0.4) is 0 Å². The van der Waals surface area contributed by atoms with E-state index in [2.05, 4.69) is 21.4 Å². The Bertz CT molecular complexity index is 584. The van der Waals surface area contributed by atoms with Crippen molar-refractivity contribution in [1.82, 2.24) is 14.7 Å². The van der Waals surface area contributed by atoms with E-state index in [-0.39, 0.29) is 17.2 Å². The summed E-state index contributed by atoms with van der Waals surface area (Å²) in [5.74, 6) is 0.722. The number of allylic oxidation sites excluding steroid dienone is 1. The van der Waals surface area contributed by atoms with Crippen LogP contribution in [0.1, 0.15) is 53.4 Å². The molecule has 0 aromatic rings. The second-order valence-corrected chi connectivity index (χ2v) is 8.07. The molecule has 29 heavy (non-hydrogen) atoms. The predicted molar refractivity (Wildman–Crippen MR) is 119 cm³/mol. The number of nitrogens with two attached hydrogens (primary N) is 1. The van der Waals surface area contributed by atoms with Gasteiger partial charge < -0.3 is 10.6 Å². The minimum absolute atomic E-state index is 0.0200. The Morgan fingerprint density at radius 2 is 1.62 bits per heavy atom. The smallest absolute Gasteiger partial charge is 0.229 e. The lowest BCUT2D eigenvalue weighted by Crippen LogP contribution is -2.47. The van der Waals surface area contributed by atoms with Gasteiger partial charge in [0, 0.05) is 51.8 Å². The van der Waals surface area contributed by atoms with Crippen molar-refractivity contribution in [1.29, 1.82) is 0 Å². The van der Waals surface area contributed by atoms with Gasteiger partial charge in [-0.15, -0.1) is 0 Å². The third kappa shape index (κ3) is 8.40. The van der Waals surface area contributed by atoms with Gasteiger partial charge in [-0.05, 0) is 37.1 Å². The summed E-state index contributed by atoms with van der Waals surface area (Å²) in [7, 11) is 0. The molecule has 2 heterocycles. The van der Waals surface area contributed by atoms with Crippen LogP contribution in [0.25, 0.3) is 0 Å². The number of unbranched alkanes of at least 4 members (excludes halogenated alkanes) is 1. The summed E-state index contributed by atoms with van der Waals surface area (Å²) in [6.07, 6.45) is 7.56. The molecule has 0 aromatic heterocycles. The van der Waals surface area contributed by atoms with Crippen LogP contribution in [0.15, 0.2) is 29.7 Å². The fourth-order valence-electron chi connectivity index (χ4n) is 3.56. The topological polar surface area (TPSA) is 82.2 Å². The van der Waals surface area contributed by atoms with Crippen molar-refractivity contribution in [2.45, 2.75) is 53.4 Å². The summed E-state index contributed by atoms with van der Waals surface area (Å²) >= 11 is 0. The van der Waals surface area contributed by atoms with E-state index >= 15 is 0 Å². The van der Waals surface area contributed by atoms with Crippen molar-refractivity contribution in [3.05, 3.63) is 24.7 Å². The van der Waals surface area contributed by atoms with Crippen LogP contribution in [-0.2, 0) is 9.59 Å². The lowest BCUT2D eigenvalue weighted by Gasteiger charge is -2.36. The first-order chi connectivity index (χ1) is 13.8. The van der Waals surface area contributed by atoms with E-state index in [0.29, 0.717) is 19.4 Å². The Morgan fingerprint density at radius 1 is 1.07 bits per heavy atom. The zero-order valence-corrected chi connectivity index (χ0v) is 18.7. The quantitative estimate of drug-likeness (QED) is 0.381. The highest BCUT2D eigenvalue weighted by atomic mass is 16.2. The maximum atomic E-state index is 12.2. The highest BCUT2D eigenvalue weighted by Crippen LogP contribution is 2.31. The lowest BCUT2D eigenvalue weighted by molar-refractivity contribution is -0.152. The summed E-state index contributed by atoms with van der Waals surface area (Å²) in [4.78, 5) is 34.6. The van der Waals surface area contributed by atoms with Crippen molar-refractivity contribution in [3.63, 3.8) is 0 Å². The molecule has 0 saturated carbocycles. The molecule has 7 heteroatoms. The van der Waals surface area contributed by atoms with Gasteiger partial charge in [-0.3, -0.25) is 19.4 Å². The minimum Gasteiger partial charge on any atom is -0.405 e. The van der Waals surface area contributed by atoms with Crippen LogP contribution >= 0.6 is 0 Å². The zero-order valence-electron chi connectivity index (χ0n) is 18.7. The van der Waals surface area contributed by atoms with Gasteiger partial charge in [-0.25, -0.2) is 4.99 Å². The molecule has 0 spiro atoms. The number of hydrogen-bond donors (Lipinski definition) is 1. The number of hydrogen-bond acceptors (Lipinski definition) is 6. The van der Waals surface area contributed by atoms with Gasteiger partial charge in [-0.1, -0.05) is 34.3 Å². The van der Waals surface area contributed by atoms with Crippen molar-refractivity contribution in [2.24, 2.45) is 16.1 Å². The van der Waals surface area contributed by atoms with Gasteiger partial charge >= 0.3 is 0 Å². The van der Waals surface area contributed by atoms with Crippen molar-refractivity contribution in [3.8, 4) is 0 Å². The van der Waals surface area contributed by atoms with Crippen LogP contribution in [0.4, 0.5) is 0 Å². The summed E-state index contributed by atoms with van der Waals surface area (Å²) in [5.41, 5.74) is 5.09. The molecule has 2 rings (SSSR count). The second-order valence-electron chi connectivity index (χ2n) is 8.07. The molecular formula is C22H39N5O2. The largest absolute Gasteiger partial charge is 0.405 e. The lowest BCUT2D eigenvalue weighted by atomic mass is 9.82. The van der Waals surface area contributed by atoms with Gasteiger partial charge in [0.15, 0.2) is 0 Å². The molecule has 0 aromatic carbocycles. The van der Waals surface area contributed by atoms with Crippen LogP contribution in [0.5, 0.6) is 0 Å². The first kappa shape index (κ1) is 24.9. The Kier molecular flexibility index (Phi) is 10.7. The number of aliphatic imine (C=N–C) groups is 1. The molecule has 0 aliphatic carbocycles. The summed E-state index contributed by atoms with van der Waals surface area (Å²) < 4.78 is 0. The number of carbonyl (C=O) groups excluding carboxylic acids is 2. The normalized spacial score (nSPS) is 20.3. The Balaban J connectivity index is 0.00000204. The number of imide groups is 1. The fraction of sp³-hybridized carbons (Fsp3) is 0.682. The number of carbonyl (C=O) groups is 2. The van der Waals surface area contributed by atoms with Crippen molar-refractivity contribution < 1.29 is 9.59 Å². The Labute approximate surface area is 176 Å². The summed E-state index contributed by atoms with van der Waals surface area (Å²) in [6, 6.07) is 0. The van der Waals surface area contributed by atoms with E-state index in [1.807, 2.05) is 27.7 Å². The molecule has 2 saturated heterocycles. The maximum Gasteiger partial charge on any atom is 0.229 e. The predicted octanol–water partition coefficient (Wildman–Crippen LogP) is 2.60. The maximum absolute atomic E-state index is 12.2. The highest BCUT2D eigenvalue weighted by Gasteiger charge is 2.36. The monoisotopic (exact) mass is 405 g/mol. The fourth-order valence-corrected chi connectivity index (χ4v) is 3.56. The van der Waals surface area contributed by atoms with Crippen molar-refractivity contribution in [2.75, 3.05) is 39.3 Å². The molecule has 2 aliphatic heterocycles. The Hall–Kier alpha value is -2.15. The van der Waals surface area contributed by atoms with Crippen LogP contribution in [0, 0.1) is 5.41 Å². The van der Waals surface area contributed by atoms with E-state index in [0.717, 1.165) is 51.4 Å². The molecule has 2 amide bonds. The molecule has 0 atom stereocenters. The van der Waals surface area contributed by atoms with E-state index in [1.54, 1.807) is 12.3 Å². The second kappa shape index (κ2) is 12.4.